The Morgan fingerprint density at radius 2 is 1.67 bits per heavy atom. The number of methoxy groups -OCH3 is 1. The van der Waals surface area contributed by atoms with E-state index in [1.165, 1.54) is 0 Å². The van der Waals surface area contributed by atoms with Crippen LogP contribution in [0.15, 0.2) is 61.2 Å². The quantitative estimate of drug-likeness (QED) is 0.760. The minimum absolute atomic E-state index is 0.124. The normalized spacial score (nSPS) is 9.88. The highest BCUT2D eigenvalue weighted by molar-refractivity contribution is 6.07. The summed E-state index contributed by atoms with van der Waals surface area (Å²) in [5.74, 6) is 0.299. The van der Waals surface area contributed by atoms with Crippen LogP contribution in [0.5, 0.6) is 5.75 Å². The number of nitrogens with one attached hydrogen (secondary N) is 2. The van der Waals surface area contributed by atoms with E-state index in [4.69, 9.17) is 4.74 Å². The van der Waals surface area contributed by atoms with E-state index in [1.54, 1.807) is 61.7 Å². The lowest BCUT2D eigenvalue weighted by atomic mass is 10.2. The Balaban J connectivity index is 2.09. The average molecular weight is 324 g/mol. The number of carbonyl (C=O) groups excluding carboxylic acids is 2. The largest absolute Gasteiger partial charge is 0.497 e. The molecule has 0 aliphatic rings. The number of allylic oxidation sites excluding steroid dienone is 1. The standard InChI is InChI=1S/C19H20N2O3/c1-3-4-9-18(22)20-16-7-5-6-8-17(16)21-19(23)14-10-12-15(24-2)13-11-14/h3,5-8,10-13H,1,4,9H2,2H3,(H,20,22)(H,21,23). The zero-order chi connectivity index (χ0) is 17.4. The molecular formula is C19H20N2O3. The van der Waals surface area contributed by atoms with Crippen molar-refractivity contribution in [1.82, 2.24) is 0 Å². The maximum atomic E-state index is 12.3. The Kier molecular flexibility index (Phi) is 6.14. The molecule has 0 fully saturated rings. The molecule has 0 unspecified atom stereocenters. The average Bonchev–Trinajstić information content (AvgIpc) is 2.61. The number of rotatable bonds is 7. The molecule has 24 heavy (non-hydrogen) atoms. The Hall–Kier alpha value is -3.08. The Labute approximate surface area is 141 Å². The predicted molar refractivity (Wildman–Crippen MR) is 95.4 cm³/mol. The lowest BCUT2D eigenvalue weighted by Crippen LogP contribution is -2.16. The first-order valence-corrected chi connectivity index (χ1v) is 7.59. The molecule has 0 aromatic heterocycles. The predicted octanol–water partition coefficient (Wildman–Crippen LogP) is 3.85. The SMILES string of the molecule is C=CCCC(=O)Nc1ccccc1NC(=O)c1ccc(OC)cc1. The summed E-state index contributed by atoms with van der Waals surface area (Å²) in [6.07, 6.45) is 2.65. The van der Waals surface area contributed by atoms with Gasteiger partial charge in [0, 0.05) is 12.0 Å². The molecule has 0 saturated heterocycles. The topological polar surface area (TPSA) is 67.4 Å². The van der Waals surface area contributed by atoms with Crippen molar-refractivity contribution >= 4 is 23.2 Å². The molecule has 0 heterocycles. The molecule has 5 nitrogen and oxygen atoms in total. The smallest absolute Gasteiger partial charge is 0.255 e. The third kappa shape index (κ3) is 4.71. The van der Waals surface area contributed by atoms with Gasteiger partial charge in [-0.05, 0) is 42.8 Å². The van der Waals surface area contributed by atoms with Gasteiger partial charge >= 0.3 is 0 Å². The second kappa shape index (κ2) is 8.53. The summed E-state index contributed by atoms with van der Waals surface area (Å²) >= 11 is 0. The van der Waals surface area contributed by atoms with Gasteiger partial charge in [-0.3, -0.25) is 9.59 Å². The van der Waals surface area contributed by atoms with Crippen molar-refractivity contribution in [2.45, 2.75) is 12.8 Å². The van der Waals surface area contributed by atoms with E-state index in [2.05, 4.69) is 17.2 Å². The molecule has 5 heteroatoms. The van der Waals surface area contributed by atoms with Crippen molar-refractivity contribution in [2.24, 2.45) is 0 Å². The molecule has 2 aromatic carbocycles. The molecule has 124 valence electrons. The van der Waals surface area contributed by atoms with Crippen LogP contribution in [0.3, 0.4) is 0 Å². The Bertz CT molecular complexity index is 724. The minimum Gasteiger partial charge on any atom is -0.497 e. The first-order chi connectivity index (χ1) is 11.6. The van der Waals surface area contributed by atoms with E-state index in [-0.39, 0.29) is 11.8 Å². The van der Waals surface area contributed by atoms with Gasteiger partial charge in [0.15, 0.2) is 0 Å². The minimum atomic E-state index is -0.259. The zero-order valence-corrected chi connectivity index (χ0v) is 13.5. The molecular weight excluding hydrogens is 304 g/mol. The van der Waals surface area contributed by atoms with E-state index in [0.717, 1.165) is 0 Å². The second-order valence-electron chi connectivity index (χ2n) is 5.10. The van der Waals surface area contributed by atoms with Crippen LogP contribution in [0, 0.1) is 0 Å². The van der Waals surface area contributed by atoms with Gasteiger partial charge in [0.1, 0.15) is 5.75 Å². The number of para-hydroxylation sites is 2. The number of carbonyl (C=O) groups is 2. The molecule has 0 radical (unpaired) electrons. The van der Waals surface area contributed by atoms with E-state index < -0.39 is 0 Å². The fourth-order valence-corrected chi connectivity index (χ4v) is 2.08. The highest BCUT2D eigenvalue weighted by atomic mass is 16.5. The molecule has 0 atom stereocenters. The molecule has 0 saturated carbocycles. The summed E-state index contributed by atoms with van der Waals surface area (Å²) in [6.45, 7) is 3.60. The molecule has 2 rings (SSSR count). The number of benzene rings is 2. The van der Waals surface area contributed by atoms with Gasteiger partial charge in [-0.25, -0.2) is 0 Å². The van der Waals surface area contributed by atoms with Crippen molar-refractivity contribution < 1.29 is 14.3 Å². The van der Waals surface area contributed by atoms with Crippen LogP contribution in [0.1, 0.15) is 23.2 Å². The van der Waals surface area contributed by atoms with Crippen LogP contribution in [0.4, 0.5) is 11.4 Å². The van der Waals surface area contributed by atoms with Crippen molar-refractivity contribution in [3.63, 3.8) is 0 Å². The molecule has 2 amide bonds. The summed E-state index contributed by atoms with van der Waals surface area (Å²) in [6, 6.07) is 13.9. The number of hydrogen-bond acceptors (Lipinski definition) is 3. The third-order valence-corrected chi connectivity index (χ3v) is 3.38. The van der Waals surface area contributed by atoms with Gasteiger partial charge in [-0.1, -0.05) is 18.2 Å². The van der Waals surface area contributed by atoms with Crippen LogP contribution in [0.25, 0.3) is 0 Å². The van der Waals surface area contributed by atoms with Crippen LogP contribution < -0.4 is 15.4 Å². The molecule has 0 aliphatic carbocycles. The second-order valence-corrected chi connectivity index (χ2v) is 5.10. The van der Waals surface area contributed by atoms with Gasteiger partial charge in [-0.2, -0.15) is 0 Å². The maximum absolute atomic E-state index is 12.3. The van der Waals surface area contributed by atoms with E-state index in [1.807, 2.05) is 0 Å². The van der Waals surface area contributed by atoms with Gasteiger partial charge in [0.05, 0.1) is 18.5 Å². The maximum Gasteiger partial charge on any atom is 0.255 e. The summed E-state index contributed by atoms with van der Waals surface area (Å²) < 4.78 is 5.08. The van der Waals surface area contributed by atoms with E-state index >= 15 is 0 Å². The molecule has 0 bridgehead atoms. The van der Waals surface area contributed by atoms with Crippen LogP contribution in [0.2, 0.25) is 0 Å². The number of ether oxygens (including phenoxy) is 1. The number of hydrogen-bond donors (Lipinski definition) is 2. The highest BCUT2D eigenvalue weighted by Crippen LogP contribution is 2.22. The number of amides is 2. The van der Waals surface area contributed by atoms with Crippen molar-refractivity contribution in [2.75, 3.05) is 17.7 Å². The fraction of sp³-hybridized carbons (Fsp3) is 0.158. The van der Waals surface area contributed by atoms with Crippen LogP contribution >= 0.6 is 0 Å². The van der Waals surface area contributed by atoms with Crippen molar-refractivity contribution in [3.8, 4) is 5.75 Å². The van der Waals surface area contributed by atoms with Gasteiger partial charge < -0.3 is 15.4 Å². The van der Waals surface area contributed by atoms with Crippen molar-refractivity contribution in [1.29, 1.82) is 0 Å². The number of anilines is 2. The third-order valence-electron chi connectivity index (χ3n) is 3.38. The van der Waals surface area contributed by atoms with Gasteiger partial charge in [0.25, 0.3) is 5.91 Å². The van der Waals surface area contributed by atoms with Crippen molar-refractivity contribution in [3.05, 3.63) is 66.7 Å². The molecule has 2 aromatic rings. The summed E-state index contributed by atoms with van der Waals surface area (Å²) in [5.41, 5.74) is 1.61. The molecule has 2 N–H and O–H groups in total. The molecule has 0 aliphatic heterocycles. The lowest BCUT2D eigenvalue weighted by molar-refractivity contribution is -0.116. The molecule has 0 spiro atoms. The monoisotopic (exact) mass is 324 g/mol. The van der Waals surface area contributed by atoms with Crippen LogP contribution in [-0.4, -0.2) is 18.9 Å². The Morgan fingerprint density at radius 3 is 2.25 bits per heavy atom. The summed E-state index contributed by atoms with van der Waals surface area (Å²) in [7, 11) is 1.57. The first-order valence-electron chi connectivity index (χ1n) is 7.59. The first kappa shape index (κ1) is 17.3. The van der Waals surface area contributed by atoms with E-state index in [0.29, 0.717) is 35.5 Å². The van der Waals surface area contributed by atoms with Gasteiger partial charge in [0.2, 0.25) is 5.91 Å². The highest BCUT2D eigenvalue weighted by Gasteiger charge is 2.10. The summed E-state index contributed by atoms with van der Waals surface area (Å²) in [4.78, 5) is 24.2. The van der Waals surface area contributed by atoms with Gasteiger partial charge in [-0.15, -0.1) is 6.58 Å². The van der Waals surface area contributed by atoms with E-state index in [9.17, 15) is 9.59 Å². The van der Waals surface area contributed by atoms with Crippen LogP contribution in [-0.2, 0) is 4.79 Å². The summed E-state index contributed by atoms with van der Waals surface area (Å²) in [5, 5.41) is 5.61. The Morgan fingerprint density at radius 1 is 1.04 bits per heavy atom. The lowest BCUT2D eigenvalue weighted by Gasteiger charge is -2.12. The fourth-order valence-electron chi connectivity index (χ4n) is 2.08. The zero-order valence-electron chi connectivity index (χ0n) is 13.5.